The van der Waals surface area contributed by atoms with E-state index in [0.717, 1.165) is 19.3 Å². The van der Waals surface area contributed by atoms with Crippen LogP contribution in [0.25, 0.3) is 0 Å². The van der Waals surface area contributed by atoms with Crippen LogP contribution in [0.5, 0.6) is 0 Å². The first-order chi connectivity index (χ1) is 5.70. The van der Waals surface area contributed by atoms with E-state index in [1.807, 2.05) is 0 Å². The molecule has 1 amide bonds. The summed E-state index contributed by atoms with van der Waals surface area (Å²) in [6.07, 6.45) is 2.42. The molecule has 0 bridgehead atoms. The average Bonchev–Trinajstić information content (AvgIpc) is 2.05. The highest BCUT2D eigenvalue weighted by Crippen LogP contribution is 2.10. The predicted octanol–water partition coefficient (Wildman–Crippen LogP) is 1.97. The first-order valence-corrected chi connectivity index (χ1v) is 4.24. The maximum absolute atomic E-state index is 11.0. The van der Waals surface area contributed by atoms with Gasteiger partial charge in [0.25, 0.3) is 0 Å². The Bertz CT molecular complexity index is 189. The third-order valence-corrected chi connectivity index (χ3v) is 1.86. The number of likely N-dealkylation sites (tertiary alicyclic amines) is 1. The molecule has 1 heterocycles. The number of carbonyl (C=O) groups is 2. The fraction of sp³-hybridized carbons (Fsp3) is 0.714. The third-order valence-electron chi connectivity index (χ3n) is 1.78. The van der Waals surface area contributed by atoms with Gasteiger partial charge in [0.2, 0.25) is 0 Å². The summed E-state index contributed by atoms with van der Waals surface area (Å²) in [6.45, 7) is 1.31. The molecule has 4 nitrogen and oxygen atoms in total. The Morgan fingerprint density at radius 1 is 1.17 bits per heavy atom. The maximum atomic E-state index is 11.0. The van der Waals surface area contributed by atoms with E-state index in [2.05, 4.69) is 4.74 Å². The molecular weight excluding hydrogens is 182 g/mol. The van der Waals surface area contributed by atoms with E-state index in [9.17, 15) is 9.59 Å². The number of amides is 1. The van der Waals surface area contributed by atoms with Gasteiger partial charge in [0.05, 0.1) is 0 Å². The Labute approximate surface area is 75.4 Å². The summed E-state index contributed by atoms with van der Waals surface area (Å²) < 4.78 is 4.20. The molecule has 1 saturated heterocycles. The molecule has 0 aliphatic carbocycles. The molecule has 1 aliphatic heterocycles. The number of ether oxygens (including phenoxy) is 1. The van der Waals surface area contributed by atoms with Crippen LogP contribution in [0, 0.1) is 0 Å². The summed E-state index contributed by atoms with van der Waals surface area (Å²) in [4.78, 5) is 22.7. The largest absolute Gasteiger partial charge is 0.418 e. The van der Waals surface area contributed by atoms with E-state index in [1.165, 1.54) is 4.90 Å². The van der Waals surface area contributed by atoms with Crippen molar-refractivity contribution in [3.8, 4) is 0 Å². The van der Waals surface area contributed by atoms with Gasteiger partial charge in [-0.15, -0.1) is 0 Å². The summed E-state index contributed by atoms with van der Waals surface area (Å²) >= 11 is 4.88. The lowest BCUT2D eigenvalue weighted by molar-refractivity contribution is 0.121. The number of halogens is 1. The van der Waals surface area contributed by atoms with Crippen molar-refractivity contribution >= 4 is 23.1 Å². The normalized spacial score (nSPS) is 17.2. The van der Waals surface area contributed by atoms with E-state index in [1.54, 1.807) is 0 Å². The molecule has 1 fully saturated rings. The van der Waals surface area contributed by atoms with Crippen LogP contribution in [-0.4, -0.2) is 29.5 Å². The van der Waals surface area contributed by atoms with Crippen LogP contribution in [0.3, 0.4) is 0 Å². The van der Waals surface area contributed by atoms with Gasteiger partial charge in [0, 0.05) is 24.7 Å². The van der Waals surface area contributed by atoms with Gasteiger partial charge >= 0.3 is 11.5 Å². The Hall–Kier alpha value is -0.770. The van der Waals surface area contributed by atoms with E-state index < -0.39 is 11.5 Å². The van der Waals surface area contributed by atoms with Crippen molar-refractivity contribution in [1.29, 1.82) is 0 Å². The number of piperidine rings is 1. The lowest BCUT2D eigenvalue weighted by atomic mass is 10.1. The van der Waals surface area contributed by atoms with Gasteiger partial charge in [-0.1, -0.05) is 0 Å². The van der Waals surface area contributed by atoms with Crippen LogP contribution in [-0.2, 0) is 4.74 Å². The third kappa shape index (κ3) is 2.70. The van der Waals surface area contributed by atoms with Crippen molar-refractivity contribution in [2.24, 2.45) is 0 Å². The first kappa shape index (κ1) is 9.32. The molecule has 0 unspecified atom stereocenters. The maximum Gasteiger partial charge on any atom is 0.418 e. The summed E-state index contributed by atoms with van der Waals surface area (Å²) in [5.41, 5.74) is -1.06. The van der Waals surface area contributed by atoms with Crippen LogP contribution in [0.2, 0.25) is 0 Å². The quantitative estimate of drug-likeness (QED) is 0.435. The Balaban J connectivity index is 2.34. The average molecular weight is 192 g/mol. The molecule has 0 saturated carbocycles. The van der Waals surface area contributed by atoms with E-state index in [4.69, 9.17) is 11.6 Å². The molecule has 0 aromatic carbocycles. The van der Waals surface area contributed by atoms with Crippen molar-refractivity contribution in [3.05, 3.63) is 0 Å². The molecule has 0 aromatic rings. The van der Waals surface area contributed by atoms with Gasteiger partial charge in [-0.3, -0.25) is 0 Å². The van der Waals surface area contributed by atoms with Gasteiger partial charge in [-0.2, -0.15) is 0 Å². The Morgan fingerprint density at radius 3 is 2.25 bits per heavy atom. The second kappa shape index (κ2) is 4.30. The van der Waals surface area contributed by atoms with Crippen LogP contribution in [0.1, 0.15) is 19.3 Å². The number of rotatable bonds is 0. The van der Waals surface area contributed by atoms with E-state index in [-0.39, 0.29) is 0 Å². The van der Waals surface area contributed by atoms with Crippen molar-refractivity contribution in [2.75, 3.05) is 13.1 Å². The lowest BCUT2D eigenvalue weighted by Gasteiger charge is -2.24. The van der Waals surface area contributed by atoms with Gasteiger partial charge in [0.1, 0.15) is 0 Å². The monoisotopic (exact) mass is 191 g/mol. The van der Waals surface area contributed by atoms with Crippen molar-refractivity contribution in [3.63, 3.8) is 0 Å². The number of hydrogen-bond donors (Lipinski definition) is 0. The fourth-order valence-electron chi connectivity index (χ4n) is 1.21. The predicted molar refractivity (Wildman–Crippen MR) is 43.2 cm³/mol. The second-order valence-corrected chi connectivity index (χ2v) is 2.96. The molecule has 0 radical (unpaired) electrons. The zero-order chi connectivity index (χ0) is 8.97. The van der Waals surface area contributed by atoms with E-state index in [0.29, 0.717) is 13.1 Å². The summed E-state index contributed by atoms with van der Waals surface area (Å²) in [5, 5.41) is 0. The van der Waals surface area contributed by atoms with Crippen molar-refractivity contribution < 1.29 is 14.3 Å². The lowest BCUT2D eigenvalue weighted by Crippen LogP contribution is -2.36. The Kier molecular flexibility index (Phi) is 3.34. The molecule has 5 heteroatoms. The van der Waals surface area contributed by atoms with Crippen LogP contribution in [0.15, 0.2) is 0 Å². The topological polar surface area (TPSA) is 46.6 Å². The molecule has 68 valence electrons. The molecule has 0 atom stereocenters. The molecule has 0 aromatic heterocycles. The van der Waals surface area contributed by atoms with Crippen LogP contribution >= 0.6 is 11.6 Å². The summed E-state index contributed by atoms with van der Waals surface area (Å²) in [5.74, 6) is 0. The highest BCUT2D eigenvalue weighted by molar-refractivity contribution is 6.61. The Morgan fingerprint density at radius 2 is 1.75 bits per heavy atom. The highest BCUT2D eigenvalue weighted by atomic mass is 35.5. The van der Waals surface area contributed by atoms with Gasteiger partial charge < -0.3 is 9.64 Å². The van der Waals surface area contributed by atoms with Gasteiger partial charge in [-0.05, 0) is 19.3 Å². The SMILES string of the molecule is O=C(Cl)OC(=O)N1CCCCC1. The molecule has 1 rings (SSSR count). The zero-order valence-electron chi connectivity index (χ0n) is 6.59. The molecule has 0 spiro atoms. The summed E-state index contributed by atoms with van der Waals surface area (Å²) in [6, 6.07) is 0. The molecule has 1 aliphatic rings. The second-order valence-electron chi connectivity index (χ2n) is 2.65. The molecule has 0 N–H and O–H groups in total. The van der Waals surface area contributed by atoms with Crippen LogP contribution in [0.4, 0.5) is 9.59 Å². The minimum Gasteiger partial charge on any atom is -0.364 e. The first-order valence-electron chi connectivity index (χ1n) is 3.86. The van der Waals surface area contributed by atoms with Gasteiger partial charge in [0.15, 0.2) is 0 Å². The zero-order valence-corrected chi connectivity index (χ0v) is 7.34. The van der Waals surface area contributed by atoms with Gasteiger partial charge in [-0.25, -0.2) is 9.59 Å². The minimum absolute atomic E-state index is 0.630. The summed E-state index contributed by atoms with van der Waals surface area (Å²) in [7, 11) is 0. The molecule has 12 heavy (non-hydrogen) atoms. The highest BCUT2D eigenvalue weighted by Gasteiger charge is 2.19. The van der Waals surface area contributed by atoms with Crippen LogP contribution < -0.4 is 0 Å². The smallest absolute Gasteiger partial charge is 0.364 e. The minimum atomic E-state index is -1.06. The van der Waals surface area contributed by atoms with Crippen molar-refractivity contribution in [2.45, 2.75) is 19.3 Å². The standard InChI is InChI=1S/C7H10ClNO3/c8-6(10)12-7(11)9-4-2-1-3-5-9/h1-5H2. The number of hydrogen-bond acceptors (Lipinski definition) is 3. The number of carbonyl (C=O) groups excluding carboxylic acids is 2. The fourth-order valence-corrected chi connectivity index (χ4v) is 1.28. The number of nitrogens with zero attached hydrogens (tertiary/aromatic N) is 1. The van der Waals surface area contributed by atoms with E-state index >= 15 is 0 Å². The van der Waals surface area contributed by atoms with Crippen molar-refractivity contribution in [1.82, 2.24) is 4.90 Å². The molecular formula is C7H10ClNO3.